The zero-order valence-electron chi connectivity index (χ0n) is 24.1. The first-order valence-corrected chi connectivity index (χ1v) is 13.9. The normalized spacial score (nSPS) is 26.4. The SMILES string of the molecule is CC(C)C(C)OC(=O)N[C@H](C(=O)N1CC2[C@H]([C@H]1C(=O)NC(CC1CCC1)C(=O)C(N)=O)C2(C)C)C(C)(C)C. The molecule has 4 N–H and O–H groups in total. The number of Topliss-reactive ketones (excluding diaryl/α,β-unsaturated/α-hetero) is 1. The first-order valence-electron chi connectivity index (χ1n) is 13.9. The quantitative estimate of drug-likeness (QED) is 0.367. The van der Waals surface area contributed by atoms with Gasteiger partial charge in [0.25, 0.3) is 5.91 Å². The fraction of sp³-hybridized carbons (Fsp3) is 0.821. The molecule has 1 aliphatic heterocycles. The highest BCUT2D eigenvalue weighted by Gasteiger charge is 2.70. The number of ketones is 1. The fourth-order valence-electron chi connectivity index (χ4n) is 5.81. The number of carbonyl (C=O) groups excluding carboxylic acids is 5. The van der Waals surface area contributed by atoms with E-state index in [0.29, 0.717) is 13.0 Å². The summed E-state index contributed by atoms with van der Waals surface area (Å²) in [5.74, 6) is -2.33. The predicted molar refractivity (Wildman–Crippen MR) is 142 cm³/mol. The average Bonchev–Trinajstić information content (AvgIpc) is 3.10. The van der Waals surface area contributed by atoms with E-state index in [1.165, 1.54) is 4.90 Å². The lowest BCUT2D eigenvalue weighted by molar-refractivity contribution is -0.145. The van der Waals surface area contributed by atoms with Crippen LogP contribution in [0.2, 0.25) is 0 Å². The van der Waals surface area contributed by atoms with Crippen molar-refractivity contribution >= 4 is 29.6 Å². The van der Waals surface area contributed by atoms with Crippen LogP contribution >= 0.6 is 0 Å². The number of ether oxygens (including phenoxy) is 1. The third kappa shape index (κ3) is 6.15. The summed E-state index contributed by atoms with van der Waals surface area (Å²) in [7, 11) is 0. The van der Waals surface area contributed by atoms with Crippen molar-refractivity contribution in [2.45, 2.75) is 105 Å². The second-order valence-electron chi connectivity index (χ2n) is 13.5. The van der Waals surface area contributed by atoms with Crippen LogP contribution in [0.4, 0.5) is 4.79 Å². The highest BCUT2D eigenvalue weighted by atomic mass is 16.6. The fourth-order valence-corrected chi connectivity index (χ4v) is 5.81. The van der Waals surface area contributed by atoms with Crippen molar-refractivity contribution in [2.75, 3.05) is 6.54 Å². The number of rotatable bonds is 10. The van der Waals surface area contributed by atoms with Gasteiger partial charge < -0.3 is 26.0 Å². The maximum absolute atomic E-state index is 13.9. The molecule has 3 aliphatic rings. The number of nitrogens with two attached hydrogens (primary N) is 1. The summed E-state index contributed by atoms with van der Waals surface area (Å²) in [5, 5.41) is 5.53. The van der Waals surface area contributed by atoms with Crippen LogP contribution < -0.4 is 16.4 Å². The van der Waals surface area contributed by atoms with Crippen molar-refractivity contribution in [3.63, 3.8) is 0 Å². The van der Waals surface area contributed by atoms with Crippen LogP contribution in [0.25, 0.3) is 0 Å². The Bertz CT molecular complexity index is 967. The Hall–Kier alpha value is -2.65. The summed E-state index contributed by atoms with van der Waals surface area (Å²) in [6.07, 6.45) is 2.28. The van der Waals surface area contributed by atoms with Crippen molar-refractivity contribution in [3.05, 3.63) is 0 Å². The molecule has 0 aromatic rings. The van der Waals surface area contributed by atoms with E-state index in [0.717, 1.165) is 19.3 Å². The standard InChI is InChI=1S/C28H46N4O6/c1-14(2)15(3)38-26(37)31-22(27(4,5)6)25(36)32-13-17-19(28(17,7)8)20(32)24(35)30-18(21(33)23(29)34)12-16-10-9-11-16/h14-20,22H,9-13H2,1-8H3,(H2,29,34)(H,30,35)(H,31,37)/t15?,17?,18?,19-,20+,22-/m1/s1. The third-order valence-electron chi connectivity index (χ3n) is 9.04. The van der Waals surface area contributed by atoms with Gasteiger partial charge in [-0.2, -0.15) is 0 Å². The minimum absolute atomic E-state index is 0.0898. The number of hydrogen-bond donors (Lipinski definition) is 3. The summed E-state index contributed by atoms with van der Waals surface area (Å²) in [6, 6.07) is -2.75. The van der Waals surface area contributed by atoms with E-state index in [1.807, 2.05) is 34.6 Å². The monoisotopic (exact) mass is 534 g/mol. The number of hydrogen-bond acceptors (Lipinski definition) is 6. The second-order valence-corrected chi connectivity index (χ2v) is 13.5. The van der Waals surface area contributed by atoms with E-state index in [2.05, 4.69) is 24.5 Å². The molecule has 0 bridgehead atoms. The van der Waals surface area contributed by atoms with Crippen LogP contribution in [0.5, 0.6) is 0 Å². The number of primary amides is 1. The van der Waals surface area contributed by atoms with Crippen molar-refractivity contribution in [1.29, 1.82) is 0 Å². The first-order chi connectivity index (χ1) is 17.5. The van der Waals surface area contributed by atoms with Gasteiger partial charge >= 0.3 is 6.09 Å². The number of alkyl carbamates (subject to hydrolysis) is 1. The second kappa shape index (κ2) is 10.8. The lowest BCUT2D eigenvalue weighted by Crippen LogP contribution is -2.60. The molecule has 3 rings (SSSR count). The molecule has 0 spiro atoms. The average molecular weight is 535 g/mol. The van der Waals surface area contributed by atoms with Gasteiger partial charge in [-0.15, -0.1) is 0 Å². The number of carbonyl (C=O) groups is 5. The van der Waals surface area contributed by atoms with Gasteiger partial charge in [-0.25, -0.2) is 4.79 Å². The Morgan fingerprint density at radius 2 is 1.66 bits per heavy atom. The van der Waals surface area contributed by atoms with Gasteiger partial charge in [0.05, 0.1) is 6.04 Å². The van der Waals surface area contributed by atoms with Crippen LogP contribution in [0.1, 0.15) is 81.1 Å². The van der Waals surface area contributed by atoms with Crippen molar-refractivity contribution in [1.82, 2.24) is 15.5 Å². The molecule has 6 atom stereocenters. The van der Waals surface area contributed by atoms with Crippen LogP contribution in [0, 0.1) is 34.5 Å². The van der Waals surface area contributed by atoms with Gasteiger partial charge in [-0.3, -0.25) is 19.2 Å². The molecule has 0 aromatic carbocycles. The number of nitrogens with zero attached hydrogens (tertiary/aromatic N) is 1. The first kappa shape index (κ1) is 29.9. The Morgan fingerprint density at radius 3 is 2.13 bits per heavy atom. The summed E-state index contributed by atoms with van der Waals surface area (Å²) < 4.78 is 5.46. The van der Waals surface area contributed by atoms with E-state index in [4.69, 9.17) is 10.5 Å². The van der Waals surface area contributed by atoms with Crippen LogP contribution in [0.3, 0.4) is 0 Å². The Morgan fingerprint density at radius 1 is 1.05 bits per heavy atom. The summed E-state index contributed by atoms with van der Waals surface area (Å²) in [6.45, 7) is 15.7. The van der Waals surface area contributed by atoms with Crippen LogP contribution in [0.15, 0.2) is 0 Å². The molecule has 1 saturated heterocycles. The predicted octanol–water partition coefficient (Wildman–Crippen LogP) is 2.38. The molecule has 2 aliphatic carbocycles. The lowest BCUT2D eigenvalue weighted by atomic mass is 9.80. The number of piperidine rings is 1. The van der Waals surface area contributed by atoms with Gasteiger partial charge in [0, 0.05) is 6.54 Å². The maximum atomic E-state index is 13.9. The van der Waals surface area contributed by atoms with Crippen molar-refractivity contribution in [2.24, 2.45) is 40.2 Å². The van der Waals surface area contributed by atoms with E-state index < -0.39 is 47.2 Å². The van der Waals surface area contributed by atoms with E-state index in [1.54, 1.807) is 6.92 Å². The maximum Gasteiger partial charge on any atom is 0.408 e. The van der Waals surface area contributed by atoms with Crippen molar-refractivity contribution in [3.8, 4) is 0 Å². The smallest absolute Gasteiger partial charge is 0.408 e. The molecule has 1 heterocycles. The van der Waals surface area contributed by atoms with Gasteiger partial charge in [-0.05, 0) is 47.8 Å². The minimum Gasteiger partial charge on any atom is -0.446 e. The van der Waals surface area contributed by atoms with Gasteiger partial charge in [-0.1, -0.05) is 67.7 Å². The van der Waals surface area contributed by atoms with Crippen LogP contribution in [-0.4, -0.2) is 65.3 Å². The Balaban J connectivity index is 1.82. The number of fused-ring (bicyclic) bond motifs is 1. The van der Waals surface area contributed by atoms with E-state index in [9.17, 15) is 24.0 Å². The van der Waals surface area contributed by atoms with Gasteiger partial charge in [0.1, 0.15) is 18.2 Å². The van der Waals surface area contributed by atoms with Crippen LogP contribution in [-0.2, 0) is 23.9 Å². The van der Waals surface area contributed by atoms with Gasteiger partial charge in [0.2, 0.25) is 17.6 Å². The molecule has 3 fully saturated rings. The highest BCUT2D eigenvalue weighted by Crippen LogP contribution is 2.65. The molecular weight excluding hydrogens is 488 g/mol. The van der Waals surface area contributed by atoms with E-state index in [-0.39, 0.29) is 41.1 Å². The lowest BCUT2D eigenvalue weighted by Gasteiger charge is -2.38. The molecule has 3 unspecified atom stereocenters. The number of amides is 4. The molecular formula is C28H46N4O6. The molecule has 10 nitrogen and oxygen atoms in total. The molecule has 4 amide bonds. The molecule has 38 heavy (non-hydrogen) atoms. The molecule has 214 valence electrons. The topological polar surface area (TPSA) is 148 Å². The summed E-state index contributed by atoms with van der Waals surface area (Å²) in [4.78, 5) is 66.1. The van der Waals surface area contributed by atoms with E-state index >= 15 is 0 Å². The number of nitrogens with one attached hydrogen (secondary N) is 2. The minimum atomic E-state index is -1.08. The summed E-state index contributed by atoms with van der Waals surface area (Å²) in [5.41, 5.74) is 4.48. The largest absolute Gasteiger partial charge is 0.446 e. The third-order valence-corrected chi connectivity index (χ3v) is 9.04. The zero-order chi connectivity index (χ0) is 28.7. The van der Waals surface area contributed by atoms with Crippen molar-refractivity contribution < 1.29 is 28.7 Å². The highest BCUT2D eigenvalue weighted by molar-refractivity contribution is 6.37. The van der Waals surface area contributed by atoms with Gasteiger partial charge in [0.15, 0.2) is 0 Å². The summed E-state index contributed by atoms with van der Waals surface area (Å²) >= 11 is 0. The zero-order valence-corrected chi connectivity index (χ0v) is 24.1. The molecule has 0 aromatic heterocycles. The Labute approximate surface area is 226 Å². The molecule has 2 saturated carbocycles. The number of likely N-dealkylation sites (tertiary alicyclic amines) is 1. The molecule has 10 heteroatoms. The Kier molecular flexibility index (Phi) is 8.53. The molecule has 0 radical (unpaired) electrons.